The van der Waals surface area contributed by atoms with Crippen LogP contribution in [0, 0.1) is 12.7 Å². The van der Waals surface area contributed by atoms with E-state index in [2.05, 4.69) is 26.2 Å². The van der Waals surface area contributed by atoms with E-state index < -0.39 is 11.7 Å². The molecule has 0 spiro atoms. The van der Waals surface area contributed by atoms with E-state index in [9.17, 15) is 9.18 Å². The van der Waals surface area contributed by atoms with Crippen LogP contribution in [0.1, 0.15) is 16.2 Å². The number of nitrogens with zero attached hydrogens (tertiary/aromatic N) is 1. The third-order valence-electron chi connectivity index (χ3n) is 2.21. The Morgan fingerprint density at radius 1 is 1.56 bits per heavy atom. The molecule has 7 heteroatoms. The first kappa shape index (κ1) is 13.0. The maximum absolute atomic E-state index is 13.0. The molecule has 1 N–H and O–H groups in total. The average molecular weight is 334 g/mol. The minimum absolute atomic E-state index is 0.0939. The van der Waals surface area contributed by atoms with Gasteiger partial charge in [-0.05, 0) is 35.0 Å². The van der Waals surface area contributed by atoms with Gasteiger partial charge in [-0.1, -0.05) is 11.6 Å². The number of benzene rings is 1. The van der Waals surface area contributed by atoms with Gasteiger partial charge in [0.2, 0.25) is 0 Å². The van der Waals surface area contributed by atoms with E-state index in [-0.39, 0.29) is 16.4 Å². The summed E-state index contributed by atoms with van der Waals surface area (Å²) in [5, 5.41) is 2.64. The summed E-state index contributed by atoms with van der Waals surface area (Å²) in [5.41, 5.74) is 0.438. The standard InChI is InChI=1S/C11H7BrClFN2O2/c1-5-9(15-4-18-5)11(17)16-10-7(12)2-6(14)3-8(10)13/h2-4H,1H3,(H,16,17). The molecule has 94 valence electrons. The Morgan fingerprint density at radius 2 is 2.28 bits per heavy atom. The van der Waals surface area contributed by atoms with E-state index in [4.69, 9.17) is 16.0 Å². The van der Waals surface area contributed by atoms with Crippen LogP contribution < -0.4 is 5.32 Å². The molecule has 0 bridgehead atoms. The number of halogens is 3. The van der Waals surface area contributed by atoms with Gasteiger partial charge in [-0.3, -0.25) is 4.79 Å². The van der Waals surface area contributed by atoms with Crippen molar-refractivity contribution in [1.82, 2.24) is 4.98 Å². The number of anilines is 1. The molecule has 0 fully saturated rings. The van der Waals surface area contributed by atoms with Crippen molar-refractivity contribution in [3.05, 3.63) is 45.3 Å². The highest BCUT2D eigenvalue weighted by Crippen LogP contribution is 2.32. The smallest absolute Gasteiger partial charge is 0.277 e. The monoisotopic (exact) mass is 332 g/mol. The summed E-state index contributed by atoms with van der Waals surface area (Å²) in [5.74, 6) is -0.584. The highest BCUT2D eigenvalue weighted by Gasteiger charge is 2.17. The zero-order valence-electron chi connectivity index (χ0n) is 9.13. The van der Waals surface area contributed by atoms with Gasteiger partial charge in [0.05, 0.1) is 10.7 Å². The Morgan fingerprint density at radius 3 is 2.83 bits per heavy atom. The number of carbonyl (C=O) groups excluding carboxylic acids is 1. The number of oxazole rings is 1. The second-order valence-corrected chi connectivity index (χ2v) is 4.72. The van der Waals surface area contributed by atoms with E-state index in [0.29, 0.717) is 10.2 Å². The number of rotatable bonds is 2. The van der Waals surface area contributed by atoms with E-state index in [1.165, 1.54) is 12.5 Å². The van der Waals surface area contributed by atoms with Crippen LogP contribution in [0.15, 0.2) is 27.4 Å². The van der Waals surface area contributed by atoms with Crippen molar-refractivity contribution >= 4 is 39.1 Å². The van der Waals surface area contributed by atoms with Crippen molar-refractivity contribution in [1.29, 1.82) is 0 Å². The maximum Gasteiger partial charge on any atom is 0.277 e. The second kappa shape index (κ2) is 5.07. The molecule has 0 radical (unpaired) electrons. The number of hydrogen-bond acceptors (Lipinski definition) is 3. The van der Waals surface area contributed by atoms with Gasteiger partial charge >= 0.3 is 0 Å². The fraction of sp³-hybridized carbons (Fsp3) is 0.0909. The van der Waals surface area contributed by atoms with Crippen LogP contribution in [-0.4, -0.2) is 10.9 Å². The SMILES string of the molecule is Cc1ocnc1C(=O)Nc1c(Cl)cc(F)cc1Br. The Kier molecular flexibility index (Phi) is 3.68. The molecule has 1 aromatic heterocycles. The highest BCUT2D eigenvalue weighted by molar-refractivity contribution is 9.10. The molecule has 0 saturated heterocycles. The molecule has 0 saturated carbocycles. The van der Waals surface area contributed by atoms with E-state index in [0.717, 1.165) is 6.07 Å². The summed E-state index contributed by atoms with van der Waals surface area (Å²) in [4.78, 5) is 15.7. The average Bonchev–Trinajstić information content (AvgIpc) is 2.69. The summed E-state index contributed by atoms with van der Waals surface area (Å²) in [7, 11) is 0. The van der Waals surface area contributed by atoms with Crippen molar-refractivity contribution in [3.63, 3.8) is 0 Å². The van der Waals surface area contributed by atoms with Gasteiger partial charge in [0.15, 0.2) is 12.1 Å². The molecule has 0 aliphatic rings. The largest absolute Gasteiger partial charge is 0.448 e. The van der Waals surface area contributed by atoms with E-state index in [1.54, 1.807) is 6.92 Å². The number of amides is 1. The molecule has 0 aliphatic carbocycles. The first-order chi connectivity index (χ1) is 8.49. The molecule has 0 aliphatic heterocycles. The van der Waals surface area contributed by atoms with Gasteiger partial charge in [0.1, 0.15) is 11.6 Å². The predicted molar refractivity (Wildman–Crippen MR) is 68.3 cm³/mol. The number of nitrogens with one attached hydrogen (secondary N) is 1. The second-order valence-electron chi connectivity index (χ2n) is 3.46. The summed E-state index contributed by atoms with van der Waals surface area (Å²) >= 11 is 8.98. The van der Waals surface area contributed by atoms with Crippen molar-refractivity contribution in [2.45, 2.75) is 6.92 Å². The molecule has 18 heavy (non-hydrogen) atoms. The number of aromatic nitrogens is 1. The lowest BCUT2D eigenvalue weighted by Crippen LogP contribution is -2.14. The molecule has 2 rings (SSSR count). The van der Waals surface area contributed by atoms with Crippen LogP contribution in [0.2, 0.25) is 5.02 Å². The van der Waals surface area contributed by atoms with E-state index >= 15 is 0 Å². The lowest BCUT2D eigenvalue weighted by atomic mass is 10.3. The Bertz CT molecular complexity index is 592. The van der Waals surface area contributed by atoms with Crippen molar-refractivity contribution < 1.29 is 13.6 Å². The minimum atomic E-state index is -0.498. The van der Waals surface area contributed by atoms with Crippen molar-refractivity contribution in [2.24, 2.45) is 0 Å². The van der Waals surface area contributed by atoms with Gasteiger partial charge < -0.3 is 9.73 Å². The van der Waals surface area contributed by atoms with Crippen LogP contribution in [0.4, 0.5) is 10.1 Å². The predicted octanol–water partition coefficient (Wildman–Crippen LogP) is 3.79. The third-order valence-corrected chi connectivity index (χ3v) is 3.13. The van der Waals surface area contributed by atoms with Gasteiger partial charge in [-0.25, -0.2) is 9.37 Å². The fourth-order valence-electron chi connectivity index (χ4n) is 1.36. The molecule has 1 heterocycles. The Labute approximate surface area is 115 Å². The lowest BCUT2D eigenvalue weighted by Gasteiger charge is -2.08. The molecule has 1 aromatic carbocycles. The normalized spacial score (nSPS) is 10.4. The molecular weight excluding hydrogens is 326 g/mol. The van der Waals surface area contributed by atoms with Crippen LogP contribution in [0.25, 0.3) is 0 Å². The number of carbonyl (C=O) groups is 1. The first-order valence-electron chi connectivity index (χ1n) is 4.85. The van der Waals surface area contributed by atoms with Crippen LogP contribution in [0.3, 0.4) is 0 Å². The zero-order valence-corrected chi connectivity index (χ0v) is 11.5. The Balaban J connectivity index is 2.31. The van der Waals surface area contributed by atoms with Crippen LogP contribution in [-0.2, 0) is 0 Å². The molecular formula is C11H7BrClFN2O2. The van der Waals surface area contributed by atoms with Gasteiger partial charge in [-0.15, -0.1) is 0 Å². The van der Waals surface area contributed by atoms with Crippen molar-refractivity contribution in [2.75, 3.05) is 5.32 Å². The van der Waals surface area contributed by atoms with Crippen LogP contribution in [0.5, 0.6) is 0 Å². The van der Waals surface area contributed by atoms with Crippen molar-refractivity contribution in [3.8, 4) is 0 Å². The lowest BCUT2D eigenvalue weighted by molar-refractivity contribution is 0.102. The van der Waals surface area contributed by atoms with Gasteiger partial charge in [0.25, 0.3) is 5.91 Å². The first-order valence-corrected chi connectivity index (χ1v) is 6.02. The maximum atomic E-state index is 13.0. The summed E-state index contributed by atoms with van der Waals surface area (Å²) < 4.78 is 18.3. The number of aryl methyl sites for hydroxylation is 1. The summed E-state index contributed by atoms with van der Waals surface area (Å²) in [6.07, 6.45) is 1.17. The molecule has 0 unspecified atom stereocenters. The quantitative estimate of drug-likeness (QED) is 0.909. The van der Waals surface area contributed by atoms with Gasteiger partial charge in [0, 0.05) is 4.47 Å². The summed E-state index contributed by atoms with van der Waals surface area (Å²) in [6.45, 7) is 1.61. The third kappa shape index (κ3) is 2.54. The highest BCUT2D eigenvalue weighted by atomic mass is 79.9. The fourth-order valence-corrected chi connectivity index (χ4v) is 2.26. The zero-order chi connectivity index (χ0) is 13.3. The molecule has 2 aromatic rings. The summed E-state index contributed by atoms with van der Waals surface area (Å²) in [6, 6.07) is 2.31. The topological polar surface area (TPSA) is 55.1 Å². The van der Waals surface area contributed by atoms with Gasteiger partial charge in [-0.2, -0.15) is 0 Å². The Hall–Kier alpha value is -1.40. The van der Waals surface area contributed by atoms with Crippen LogP contribution >= 0.6 is 27.5 Å². The number of hydrogen-bond donors (Lipinski definition) is 1. The molecule has 0 atom stereocenters. The molecule has 4 nitrogen and oxygen atoms in total. The minimum Gasteiger partial charge on any atom is -0.448 e. The van der Waals surface area contributed by atoms with E-state index in [1.807, 2.05) is 0 Å². The molecule has 1 amide bonds.